The van der Waals surface area contributed by atoms with E-state index in [1.54, 1.807) is 13.1 Å². The first kappa shape index (κ1) is 18.6. The summed E-state index contributed by atoms with van der Waals surface area (Å²) in [6, 6.07) is 1.92. The quantitative estimate of drug-likeness (QED) is 0.660. The summed E-state index contributed by atoms with van der Waals surface area (Å²) in [5, 5.41) is 5.45. The largest absolute Gasteiger partial charge is 0.346 e. The van der Waals surface area contributed by atoms with Gasteiger partial charge in [0.25, 0.3) is 0 Å². The highest BCUT2D eigenvalue weighted by Gasteiger charge is 2.42. The lowest BCUT2D eigenvalue weighted by atomic mass is 9.88. The maximum absolute atomic E-state index is 12.2. The molecule has 0 bridgehead atoms. The molecule has 4 heterocycles. The van der Waals surface area contributed by atoms with Crippen LogP contribution < -0.4 is 0 Å². The molecule has 3 aromatic heterocycles. The summed E-state index contributed by atoms with van der Waals surface area (Å²) in [5.41, 5.74) is 1.87. The van der Waals surface area contributed by atoms with E-state index in [1.165, 1.54) is 10.6 Å². The highest BCUT2D eigenvalue weighted by molar-refractivity contribution is 7.89. The fraction of sp³-hybridized carbons (Fsp3) is 0.444. The third-order valence-electron chi connectivity index (χ3n) is 5.48. The Morgan fingerprint density at radius 2 is 2.11 bits per heavy atom. The smallest absolute Gasteiger partial charge is 0.239 e. The van der Waals surface area contributed by atoms with Crippen molar-refractivity contribution in [2.24, 2.45) is 0 Å². The van der Waals surface area contributed by atoms with Crippen molar-refractivity contribution in [1.82, 2.24) is 29.0 Å². The molecule has 1 N–H and O–H groups in total. The van der Waals surface area contributed by atoms with Crippen LogP contribution in [-0.2, 0) is 15.6 Å². The minimum absolute atomic E-state index is 0.0924. The molecule has 0 saturated carbocycles. The van der Waals surface area contributed by atoms with Gasteiger partial charge in [-0.05, 0) is 25.8 Å². The molecule has 1 fully saturated rings. The van der Waals surface area contributed by atoms with Gasteiger partial charge in [0.1, 0.15) is 17.5 Å². The molecule has 4 rings (SSSR count). The molecule has 1 saturated heterocycles. The summed E-state index contributed by atoms with van der Waals surface area (Å²) in [6.45, 7) is 10.1. The highest BCUT2D eigenvalue weighted by Crippen LogP contribution is 2.33. The number of H-pyrrole nitrogens is 1. The first-order valence-corrected chi connectivity index (χ1v) is 10.7. The average Bonchev–Trinajstić information content (AvgIpc) is 3.38. The Kier molecular flexibility index (Phi) is 4.64. The lowest BCUT2D eigenvalue weighted by Gasteiger charge is -2.38. The van der Waals surface area contributed by atoms with Gasteiger partial charge in [-0.3, -0.25) is 4.68 Å². The number of hydrogen-bond acceptors (Lipinski definition) is 5. The van der Waals surface area contributed by atoms with E-state index in [9.17, 15) is 8.42 Å². The zero-order chi connectivity index (χ0) is 19.8. The van der Waals surface area contributed by atoms with Crippen molar-refractivity contribution in [3.8, 4) is 11.3 Å². The molecular weight excluding hydrogens is 378 g/mol. The van der Waals surface area contributed by atoms with Crippen molar-refractivity contribution in [3.05, 3.63) is 42.4 Å². The van der Waals surface area contributed by atoms with E-state index in [2.05, 4.69) is 24.9 Å². The van der Waals surface area contributed by atoms with Crippen molar-refractivity contribution in [3.63, 3.8) is 0 Å². The molecule has 1 aliphatic heterocycles. The van der Waals surface area contributed by atoms with E-state index in [-0.39, 0.29) is 12.3 Å². The van der Waals surface area contributed by atoms with Gasteiger partial charge in [0.2, 0.25) is 16.6 Å². The number of aromatic amines is 1. The number of rotatable bonds is 5. The van der Waals surface area contributed by atoms with Gasteiger partial charge < -0.3 is 9.83 Å². The van der Waals surface area contributed by atoms with E-state index in [0.717, 1.165) is 22.3 Å². The summed E-state index contributed by atoms with van der Waals surface area (Å²) in [5.74, 6) is 0.0924. The average molecular weight is 399 g/mol. The second kappa shape index (κ2) is 7.00. The lowest BCUT2D eigenvalue weighted by Crippen LogP contribution is -2.50. The Hall–Kier alpha value is -2.77. The zero-order valence-corrected chi connectivity index (χ0v) is 16.4. The SMILES string of the molecule is [C-]#[N+]CC1(n2cc(-c3ncnc4[nH]ccc34)cn2)CCN(S(=O)(=O)CC)CC1. The zero-order valence-electron chi connectivity index (χ0n) is 15.5. The van der Waals surface area contributed by atoms with Gasteiger partial charge >= 0.3 is 0 Å². The van der Waals surface area contributed by atoms with E-state index >= 15 is 0 Å². The number of sulfonamides is 1. The molecule has 0 atom stereocenters. The summed E-state index contributed by atoms with van der Waals surface area (Å²) in [6.07, 6.45) is 8.09. The fourth-order valence-corrected chi connectivity index (χ4v) is 4.88. The van der Waals surface area contributed by atoms with E-state index in [0.29, 0.717) is 25.9 Å². The molecule has 10 heteroatoms. The van der Waals surface area contributed by atoms with Crippen LogP contribution in [-0.4, -0.2) is 62.8 Å². The van der Waals surface area contributed by atoms with Crippen molar-refractivity contribution in [2.45, 2.75) is 25.3 Å². The molecule has 0 unspecified atom stereocenters. The molecule has 1 aliphatic rings. The predicted molar refractivity (Wildman–Crippen MR) is 105 cm³/mol. The minimum atomic E-state index is -3.22. The topological polar surface area (TPSA) is 101 Å². The molecule has 9 nitrogen and oxygen atoms in total. The predicted octanol–water partition coefficient (Wildman–Crippen LogP) is 1.88. The molecule has 0 amide bonds. The van der Waals surface area contributed by atoms with Crippen molar-refractivity contribution in [1.29, 1.82) is 0 Å². The second-order valence-electron chi connectivity index (χ2n) is 6.98. The van der Waals surface area contributed by atoms with Crippen molar-refractivity contribution < 1.29 is 8.42 Å². The third kappa shape index (κ3) is 3.06. The Bertz CT molecular complexity index is 1130. The summed E-state index contributed by atoms with van der Waals surface area (Å²) < 4.78 is 27.7. The normalized spacial score (nSPS) is 17.6. The molecule has 0 aromatic carbocycles. The van der Waals surface area contributed by atoms with Crippen LogP contribution in [0.2, 0.25) is 0 Å². The van der Waals surface area contributed by atoms with Gasteiger partial charge in [-0.25, -0.2) is 29.3 Å². The Labute approximate surface area is 163 Å². The van der Waals surface area contributed by atoms with Crippen LogP contribution in [0.4, 0.5) is 0 Å². The number of nitrogens with one attached hydrogen (secondary N) is 1. The second-order valence-corrected chi connectivity index (χ2v) is 9.23. The monoisotopic (exact) mass is 399 g/mol. The number of nitrogens with zero attached hydrogens (tertiary/aromatic N) is 6. The minimum Gasteiger partial charge on any atom is -0.346 e. The summed E-state index contributed by atoms with van der Waals surface area (Å²) in [4.78, 5) is 15.3. The van der Waals surface area contributed by atoms with E-state index < -0.39 is 15.6 Å². The molecule has 0 aliphatic carbocycles. The van der Waals surface area contributed by atoms with Crippen LogP contribution >= 0.6 is 0 Å². The summed E-state index contributed by atoms with van der Waals surface area (Å²) in [7, 11) is -3.22. The van der Waals surface area contributed by atoms with Gasteiger partial charge in [0, 0.05) is 36.4 Å². The van der Waals surface area contributed by atoms with Crippen LogP contribution in [0.5, 0.6) is 0 Å². The van der Waals surface area contributed by atoms with Crippen molar-refractivity contribution in [2.75, 3.05) is 25.4 Å². The van der Waals surface area contributed by atoms with Gasteiger partial charge in [0.05, 0.1) is 17.6 Å². The fourth-order valence-electron chi connectivity index (χ4n) is 3.78. The molecular formula is C18H21N7O2S. The molecule has 0 spiro atoms. The third-order valence-corrected chi connectivity index (χ3v) is 7.36. The van der Waals surface area contributed by atoms with Gasteiger partial charge in [-0.2, -0.15) is 5.10 Å². The Morgan fingerprint density at radius 3 is 2.82 bits per heavy atom. The van der Waals surface area contributed by atoms with E-state index in [4.69, 9.17) is 6.57 Å². The summed E-state index contributed by atoms with van der Waals surface area (Å²) >= 11 is 0. The number of aromatic nitrogens is 5. The standard InChI is InChI=1S/C18H21N7O2S/c1-3-28(26,27)24-8-5-18(6-9-24,12-19-2)25-11-14(10-23-25)16-15-4-7-20-17(15)22-13-21-16/h4,7,10-11,13H,3,5-6,8-9,12H2,1H3,(H,20,21,22). The van der Waals surface area contributed by atoms with Gasteiger partial charge in [0.15, 0.2) is 0 Å². The Morgan fingerprint density at radius 1 is 1.32 bits per heavy atom. The van der Waals surface area contributed by atoms with Crippen LogP contribution in [0.25, 0.3) is 27.1 Å². The number of hydrogen-bond donors (Lipinski definition) is 1. The van der Waals surface area contributed by atoms with Crippen LogP contribution in [0.3, 0.4) is 0 Å². The van der Waals surface area contributed by atoms with Crippen LogP contribution in [0, 0.1) is 6.57 Å². The highest BCUT2D eigenvalue weighted by atomic mass is 32.2. The maximum Gasteiger partial charge on any atom is 0.239 e. The number of fused-ring (bicyclic) bond motifs is 1. The van der Waals surface area contributed by atoms with Crippen LogP contribution in [0.15, 0.2) is 31.0 Å². The molecule has 3 aromatic rings. The number of piperidine rings is 1. The maximum atomic E-state index is 12.2. The Balaban J connectivity index is 1.66. The molecule has 28 heavy (non-hydrogen) atoms. The van der Waals surface area contributed by atoms with Gasteiger partial charge in [-0.1, -0.05) is 0 Å². The van der Waals surface area contributed by atoms with Crippen LogP contribution in [0.1, 0.15) is 19.8 Å². The molecule has 0 radical (unpaired) electrons. The van der Waals surface area contributed by atoms with E-state index in [1.807, 2.05) is 23.1 Å². The van der Waals surface area contributed by atoms with Crippen molar-refractivity contribution >= 4 is 21.1 Å². The molecule has 146 valence electrons. The lowest BCUT2D eigenvalue weighted by molar-refractivity contribution is 0.160. The first-order valence-electron chi connectivity index (χ1n) is 9.14. The first-order chi connectivity index (χ1) is 13.5. The van der Waals surface area contributed by atoms with Gasteiger partial charge in [-0.15, -0.1) is 0 Å².